The van der Waals surface area contributed by atoms with Gasteiger partial charge in [-0.05, 0) is 0 Å². The number of halogens is 5. The summed E-state index contributed by atoms with van der Waals surface area (Å²) < 4.78 is 88.0. The van der Waals surface area contributed by atoms with Crippen LogP contribution in [0, 0.1) is 0 Å². The zero-order chi connectivity index (χ0) is 10.8. The number of hydrogen-bond acceptors (Lipinski definition) is 3. The van der Waals surface area contributed by atoms with Gasteiger partial charge in [0, 0.05) is 0 Å². The molecular formula is C4H4F5NaO3S. The molecule has 0 N–H and O–H groups in total. The summed E-state index contributed by atoms with van der Waals surface area (Å²) in [6.45, 7) is 0. The molecular weight excluding hydrogens is 246 g/mol. The van der Waals surface area contributed by atoms with Gasteiger partial charge in [-0.15, -0.1) is 0 Å². The van der Waals surface area contributed by atoms with Crippen molar-refractivity contribution >= 4 is 10.1 Å². The van der Waals surface area contributed by atoms with E-state index in [1.807, 2.05) is 0 Å². The molecule has 0 aromatic carbocycles. The molecule has 0 aliphatic carbocycles. The topological polar surface area (TPSA) is 57.2 Å². The summed E-state index contributed by atoms with van der Waals surface area (Å²) in [6, 6.07) is 0. The average molecular weight is 250 g/mol. The van der Waals surface area contributed by atoms with Gasteiger partial charge in [0.2, 0.25) is 5.50 Å². The van der Waals surface area contributed by atoms with E-state index in [0.717, 1.165) is 0 Å². The van der Waals surface area contributed by atoms with Crippen LogP contribution < -0.4 is 29.6 Å². The van der Waals surface area contributed by atoms with Crippen molar-refractivity contribution in [3.8, 4) is 0 Å². The van der Waals surface area contributed by atoms with Crippen LogP contribution in [0.4, 0.5) is 22.0 Å². The van der Waals surface area contributed by atoms with E-state index in [1.54, 1.807) is 0 Å². The Morgan fingerprint density at radius 2 is 1.29 bits per heavy atom. The molecule has 0 bridgehead atoms. The minimum absolute atomic E-state index is 0. The zero-order valence-corrected chi connectivity index (χ0v) is 9.65. The third kappa shape index (κ3) is 4.87. The van der Waals surface area contributed by atoms with Crippen LogP contribution in [0.25, 0.3) is 0 Å². The summed E-state index contributed by atoms with van der Waals surface area (Å²) in [7, 11) is -5.75. The molecule has 0 aliphatic heterocycles. The van der Waals surface area contributed by atoms with Crippen molar-refractivity contribution in [1.82, 2.24) is 0 Å². The van der Waals surface area contributed by atoms with Gasteiger partial charge in [-0.1, -0.05) is 0 Å². The summed E-state index contributed by atoms with van der Waals surface area (Å²) in [5, 5.41) is 0. The summed E-state index contributed by atoms with van der Waals surface area (Å²) in [4.78, 5) is 0. The first kappa shape index (κ1) is 17.0. The molecule has 80 valence electrons. The second kappa shape index (κ2) is 6.21. The molecule has 0 amide bonds. The second-order valence-corrected chi connectivity index (χ2v) is 3.50. The van der Waals surface area contributed by atoms with Crippen molar-refractivity contribution in [2.45, 2.75) is 24.3 Å². The molecule has 14 heavy (non-hydrogen) atoms. The fourth-order valence-corrected chi connectivity index (χ4v) is 0.911. The maximum Gasteiger partial charge on any atom is 1.00 e. The third-order valence-electron chi connectivity index (χ3n) is 1.07. The first-order valence-electron chi connectivity index (χ1n) is 2.83. The Morgan fingerprint density at radius 1 is 0.929 bits per heavy atom. The Morgan fingerprint density at radius 3 is 1.50 bits per heavy atom. The Kier molecular flexibility index (Phi) is 7.53. The summed E-state index contributed by atoms with van der Waals surface area (Å²) in [5.74, 6) is 0. The first-order valence-corrected chi connectivity index (χ1v) is 4.30. The van der Waals surface area contributed by atoms with E-state index in [4.69, 9.17) is 0 Å². The molecule has 3 unspecified atom stereocenters. The van der Waals surface area contributed by atoms with Gasteiger partial charge in [0.25, 0.3) is 6.43 Å². The van der Waals surface area contributed by atoms with Crippen molar-refractivity contribution in [3.05, 3.63) is 0 Å². The van der Waals surface area contributed by atoms with Crippen molar-refractivity contribution in [3.63, 3.8) is 0 Å². The maximum absolute atomic E-state index is 12.1. The van der Waals surface area contributed by atoms with E-state index in [2.05, 4.69) is 0 Å². The molecule has 0 saturated heterocycles. The van der Waals surface area contributed by atoms with Gasteiger partial charge in [-0.25, -0.2) is 30.4 Å². The molecule has 3 nitrogen and oxygen atoms in total. The van der Waals surface area contributed by atoms with Gasteiger partial charge < -0.3 is 4.55 Å². The Labute approximate surface area is 98.7 Å². The molecule has 3 atom stereocenters. The molecule has 0 fully saturated rings. The fourth-order valence-electron chi connectivity index (χ4n) is 0.443. The quantitative estimate of drug-likeness (QED) is 0.322. The fraction of sp³-hybridized carbons (Fsp3) is 1.00. The zero-order valence-electron chi connectivity index (χ0n) is 6.83. The largest absolute Gasteiger partial charge is 1.00 e. The van der Waals surface area contributed by atoms with Crippen LogP contribution in [-0.4, -0.2) is 37.2 Å². The van der Waals surface area contributed by atoms with Gasteiger partial charge in [0.15, 0.2) is 12.3 Å². The monoisotopic (exact) mass is 250 g/mol. The van der Waals surface area contributed by atoms with Crippen LogP contribution in [0.2, 0.25) is 0 Å². The van der Waals surface area contributed by atoms with E-state index in [-0.39, 0.29) is 29.6 Å². The van der Waals surface area contributed by atoms with Gasteiger partial charge in [-0.3, -0.25) is 0 Å². The summed E-state index contributed by atoms with van der Waals surface area (Å²) in [6.07, 6.45) is -11.2. The predicted molar refractivity (Wildman–Crippen MR) is 30.4 cm³/mol. The maximum atomic E-state index is 12.1. The molecule has 10 heteroatoms. The van der Waals surface area contributed by atoms with Crippen molar-refractivity contribution in [2.24, 2.45) is 0 Å². The Hall–Kier alpha value is 0.560. The van der Waals surface area contributed by atoms with Gasteiger partial charge in [0.1, 0.15) is 10.1 Å². The molecule has 0 radical (unpaired) electrons. The van der Waals surface area contributed by atoms with Crippen LogP contribution in [0.15, 0.2) is 0 Å². The van der Waals surface area contributed by atoms with E-state index in [1.165, 1.54) is 0 Å². The van der Waals surface area contributed by atoms with Crippen LogP contribution in [0.5, 0.6) is 0 Å². The smallest absolute Gasteiger partial charge is 0.746 e. The summed E-state index contributed by atoms with van der Waals surface area (Å²) in [5.41, 5.74) is -3.81. The Balaban J connectivity index is 0. The van der Waals surface area contributed by atoms with E-state index < -0.39 is 34.4 Å². The second-order valence-electron chi connectivity index (χ2n) is 2.07. The molecule has 0 aliphatic rings. The number of hydrogen-bond donors (Lipinski definition) is 0. The SMILES string of the molecule is O=S(=O)([O-])C(F)C(F)C(F)C(F)F.[Na+]. The molecule has 0 spiro atoms. The van der Waals surface area contributed by atoms with Crippen LogP contribution >= 0.6 is 0 Å². The van der Waals surface area contributed by atoms with Crippen molar-refractivity contribution in [2.75, 3.05) is 0 Å². The minimum Gasteiger partial charge on any atom is -0.746 e. The first-order chi connectivity index (χ1) is 5.68. The Bertz CT molecular complexity index is 258. The third-order valence-corrected chi connectivity index (χ3v) is 1.88. The number of alkyl halides is 5. The predicted octanol–water partition coefficient (Wildman–Crippen LogP) is -2.23. The van der Waals surface area contributed by atoms with Crippen LogP contribution in [-0.2, 0) is 10.1 Å². The van der Waals surface area contributed by atoms with Crippen LogP contribution in [0.3, 0.4) is 0 Å². The van der Waals surface area contributed by atoms with Gasteiger partial charge in [0.05, 0.1) is 0 Å². The van der Waals surface area contributed by atoms with E-state index in [0.29, 0.717) is 0 Å². The minimum atomic E-state index is -5.75. The molecule has 0 aromatic heterocycles. The van der Waals surface area contributed by atoms with E-state index >= 15 is 0 Å². The average Bonchev–Trinajstić information content (AvgIpc) is 1.98. The van der Waals surface area contributed by atoms with Crippen molar-refractivity contribution in [1.29, 1.82) is 0 Å². The normalized spacial score (nSPS) is 18.5. The molecule has 0 aromatic rings. The number of rotatable bonds is 4. The molecule has 0 rings (SSSR count). The molecule has 0 heterocycles. The summed E-state index contributed by atoms with van der Waals surface area (Å²) >= 11 is 0. The standard InChI is InChI=1S/C4H5F5O3S.Na/c5-1(3(7)8)2(6)4(9)13(10,11)12;/h1-4H,(H,10,11,12);/q;+1/p-1. The molecule has 0 saturated carbocycles. The van der Waals surface area contributed by atoms with E-state index in [9.17, 15) is 34.9 Å². The van der Waals surface area contributed by atoms with Crippen molar-refractivity contribution < 1.29 is 64.5 Å². The van der Waals surface area contributed by atoms with Crippen LogP contribution in [0.1, 0.15) is 0 Å². The van der Waals surface area contributed by atoms with Gasteiger partial charge >= 0.3 is 29.6 Å². The van der Waals surface area contributed by atoms with Gasteiger partial charge in [-0.2, -0.15) is 0 Å².